The smallest absolute Gasteiger partial charge is 0.113 e. The molecule has 6 nitrogen and oxygen atoms in total. The number of aromatic amines is 1. The molecule has 25 heavy (non-hydrogen) atoms. The number of H-pyrrole nitrogens is 1. The minimum Gasteiger partial charge on any atom is -0.353 e. The van der Waals surface area contributed by atoms with Gasteiger partial charge in [0.05, 0.1) is 17.6 Å². The zero-order valence-corrected chi connectivity index (χ0v) is 14.1. The fraction of sp³-hybridized carbons (Fsp3) is 0.158. The number of nitrogens with one attached hydrogen (secondary N) is 1. The summed E-state index contributed by atoms with van der Waals surface area (Å²) in [5.41, 5.74) is 7.00. The molecule has 0 aliphatic carbocycles. The van der Waals surface area contributed by atoms with E-state index >= 15 is 0 Å². The second-order valence-electron chi connectivity index (χ2n) is 5.80. The molecule has 0 fully saturated rings. The second-order valence-corrected chi connectivity index (χ2v) is 5.80. The van der Waals surface area contributed by atoms with Gasteiger partial charge in [0.25, 0.3) is 0 Å². The molecule has 4 aromatic heterocycles. The van der Waals surface area contributed by atoms with Crippen LogP contribution in [0.25, 0.3) is 34.0 Å². The maximum Gasteiger partial charge on any atom is 0.113 e. The molecule has 0 aliphatic rings. The summed E-state index contributed by atoms with van der Waals surface area (Å²) in [6.07, 6.45) is 8.75. The molecule has 0 amide bonds. The standard InChI is InChI=1S/C19H18N6/c1-3-25-19(10-17(24-25)18-12-21-8-9-22-18)16-5-4-15(23-16)14-6-7-20-11-13(14)2/h4-12,23H,3H2,1-2H3. The predicted octanol–water partition coefficient (Wildman–Crippen LogP) is 3.73. The first-order valence-electron chi connectivity index (χ1n) is 8.21. The van der Waals surface area contributed by atoms with Crippen LogP contribution in [0.2, 0.25) is 0 Å². The average Bonchev–Trinajstić information content (AvgIpc) is 3.29. The van der Waals surface area contributed by atoms with Crippen LogP contribution in [-0.4, -0.2) is 29.7 Å². The summed E-state index contributed by atoms with van der Waals surface area (Å²) in [7, 11) is 0. The average molecular weight is 330 g/mol. The van der Waals surface area contributed by atoms with Crippen LogP contribution >= 0.6 is 0 Å². The third-order valence-corrected chi connectivity index (χ3v) is 4.18. The number of aromatic nitrogens is 6. The molecule has 0 saturated heterocycles. The molecular formula is C19H18N6. The molecule has 0 aliphatic heterocycles. The Morgan fingerprint density at radius 3 is 2.56 bits per heavy atom. The van der Waals surface area contributed by atoms with E-state index in [2.05, 4.69) is 51.0 Å². The molecule has 0 bridgehead atoms. The van der Waals surface area contributed by atoms with Crippen molar-refractivity contribution in [2.24, 2.45) is 0 Å². The molecule has 6 heteroatoms. The molecule has 1 N–H and O–H groups in total. The minimum atomic E-state index is 0.771. The van der Waals surface area contributed by atoms with Gasteiger partial charge in [-0.15, -0.1) is 0 Å². The minimum absolute atomic E-state index is 0.771. The van der Waals surface area contributed by atoms with Crippen LogP contribution in [0.1, 0.15) is 12.5 Å². The second kappa shape index (κ2) is 6.32. The quantitative estimate of drug-likeness (QED) is 0.619. The maximum atomic E-state index is 4.66. The number of rotatable bonds is 4. The van der Waals surface area contributed by atoms with E-state index in [9.17, 15) is 0 Å². The van der Waals surface area contributed by atoms with Crippen LogP contribution in [0, 0.1) is 6.92 Å². The Morgan fingerprint density at radius 1 is 0.960 bits per heavy atom. The van der Waals surface area contributed by atoms with Gasteiger partial charge in [0.15, 0.2) is 0 Å². The fourth-order valence-electron chi connectivity index (χ4n) is 2.91. The first-order valence-corrected chi connectivity index (χ1v) is 8.21. The lowest BCUT2D eigenvalue weighted by molar-refractivity contribution is 0.668. The van der Waals surface area contributed by atoms with Crippen LogP contribution in [0.5, 0.6) is 0 Å². The molecule has 0 saturated carbocycles. The lowest BCUT2D eigenvalue weighted by Crippen LogP contribution is -1.99. The first kappa shape index (κ1) is 15.3. The first-order chi connectivity index (χ1) is 12.3. The van der Waals surface area contributed by atoms with E-state index in [1.807, 2.05) is 29.2 Å². The Kier molecular flexibility index (Phi) is 3.85. The highest BCUT2D eigenvalue weighted by molar-refractivity contribution is 5.70. The summed E-state index contributed by atoms with van der Waals surface area (Å²) in [4.78, 5) is 16.1. The van der Waals surface area contributed by atoms with Crippen LogP contribution < -0.4 is 0 Å². The molecule has 0 unspecified atom stereocenters. The Morgan fingerprint density at radius 2 is 1.80 bits per heavy atom. The summed E-state index contributed by atoms with van der Waals surface area (Å²) >= 11 is 0. The van der Waals surface area contributed by atoms with Crippen molar-refractivity contribution in [2.75, 3.05) is 0 Å². The van der Waals surface area contributed by atoms with Gasteiger partial charge in [-0.2, -0.15) is 5.10 Å². The van der Waals surface area contributed by atoms with Crippen molar-refractivity contribution in [3.63, 3.8) is 0 Å². The molecule has 4 heterocycles. The zero-order valence-electron chi connectivity index (χ0n) is 14.1. The van der Waals surface area contributed by atoms with Gasteiger partial charge in [0, 0.05) is 42.6 Å². The number of hydrogen-bond donors (Lipinski definition) is 1. The summed E-state index contributed by atoms with van der Waals surface area (Å²) < 4.78 is 1.97. The molecule has 0 radical (unpaired) electrons. The third-order valence-electron chi connectivity index (χ3n) is 4.18. The molecule has 4 rings (SSSR count). The highest BCUT2D eigenvalue weighted by atomic mass is 15.3. The number of hydrogen-bond acceptors (Lipinski definition) is 4. The number of aryl methyl sites for hydroxylation is 2. The van der Waals surface area contributed by atoms with Crippen molar-refractivity contribution in [2.45, 2.75) is 20.4 Å². The third kappa shape index (κ3) is 2.82. The Labute approximate surface area is 145 Å². The summed E-state index contributed by atoms with van der Waals surface area (Å²) in [6.45, 7) is 4.91. The van der Waals surface area contributed by atoms with E-state index in [1.54, 1.807) is 18.6 Å². The summed E-state index contributed by atoms with van der Waals surface area (Å²) in [6, 6.07) is 8.24. The number of pyridine rings is 1. The van der Waals surface area contributed by atoms with Crippen molar-refractivity contribution in [3.05, 3.63) is 60.8 Å². The van der Waals surface area contributed by atoms with E-state index in [0.717, 1.165) is 46.1 Å². The van der Waals surface area contributed by atoms with E-state index < -0.39 is 0 Å². The van der Waals surface area contributed by atoms with Gasteiger partial charge in [0.1, 0.15) is 11.4 Å². The topological polar surface area (TPSA) is 72.3 Å². The van der Waals surface area contributed by atoms with Crippen LogP contribution in [0.3, 0.4) is 0 Å². The monoisotopic (exact) mass is 330 g/mol. The van der Waals surface area contributed by atoms with Crippen LogP contribution in [0.4, 0.5) is 0 Å². The molecule has 0 atom stereocenters. The highest BCUT2D eigenvalue weighted by Crippen LogP contribution is 2.28. The lowest BCUT2D eigenvalue weighted by atomic mass is 10.1. The molecule has 4 aromatic rings. The van der Waals surface area contributed by atoms with Crippen molar-refractivity contribution >= 4 is 0 Å². The van der Waals surface area contributed by atoms with Crippen molar-refractivity contribution in [3.8, 4) is 34.0 Å². The molecule has 124 valence electrons. The molecular weight excluding hydrogens is 312 g/mol. The van der Waals surface area contributed by atoms with Crippen molar-refractivity contribution in [1.29, 1.82) is 0 Å². The SMILES string of the molecule is CCn1nc(-c2cnccn2)cc1-c1ccc(-c2ccncc2C)[nH]1. The van der Waals surface area contributed by atoms with E-state index in [0.29, 0.717) is 0 Å². The van der Waals surface area contributed by atoms with Crippen LogP contribution in [-0.2, 0) is 6.54 Å². The van der Waals surface area contributed by atoms with E-state index in [1.165, 1.54) is 0 Å². The summed E-state index contributed by atoms with van der Waals surface area (Å²) in [5.74, 6) is 0. The van der Waals surface area contributed by atoms with Gasteiger partial charge in [0.2, 0.25) is 0 Å². The van der Waals surface area contributed by atoms with Crippen LogP contribution in [0.15, 0.2) is 55.2 Å². The van der Waals surface area contributed by atoms with Gasteiger partial charge in [-0.05, 0) is 43.7 Å². The molecule has 0 spiro atoms. The predicted molar refractivity (Wildman–Crippen MR) is 96.7 cm³/mol. The lowest BCUT2D eigenvalue weighted by Gasteiger charge is -2.04. The highest BCUT2D eigenvalue weighted by Gasteiger charge is 2.14. The van der Waals surface area contributed by atoms with E-state index in [4.69, 9.17) is 0 Å². The maximum absolute atomic E-state index is 4.66. The van der Waals surface area contributed by atoms with Crippen molar-refractivity contribution < 1.29 is 0 Å². The molecule has 0 aromatic carbocycles. The largest absolute Gasteiger partial charge is 0.353 e. The summed E-state index contributed by atoms with van der Waals surface area (Å²) in [5, 5.41) is 4.66. The zero-order chi connectivity index (χ0) is 17.2. The van der Waals surface area contributed by atoms with Crippen molar-refractivity contribution in [1.82, 2.24) is 29.7 Å². The fourth-order valence-corrected chi connectivity index (χ4v) is 2.91. The number of nitrogens with zero attached hydrogens (tertiary/aromatic N) is 5. The Balaban J connectivity index is 1.76. The Hall–Kier alpha value is -3.28. The van der Waals surface area contributed by atoms with Gasteiger partial charge in [-0.3, -0.25) is 19.6 Å². The van der Waals surface area contributed by atoms with Gasteiger partial charge in [-0.25, -0.2) is 0 Å². The van der Waals surface area contributed by atoms with Gasteiger partial charge < -0.3 is 4.98 Å². The Bertz CT molecular complexity index is 1000. The normalized spacial score (nSPS) is 11.0. The van der Waals surface area contributed by atoms with Gasteiger partial charge >= 0.3 is 0 Å². The van der Waals surface area contributed by atoms with Gasteiger partial charge in [-0.1, -0.05) is 0 Å². The van der Waals surface area contributed by atoms with E-state index in [-0.39, 0.29) is 0 Å².